The van der Waals surface area contributed by atoms with Gasteiger partial charge in [-0.2, -0.15) is 0 Å². The lowest BCUT2D eigenvalue weighted by atomic mass is 9.99. The number of unbranched alkanes of at least 4 members (excludes halogenated alkanes) is 5. The number of aliphatic hydroxyl groups is 3. The molecule has 3 N–H and O–H groups in total. The molecule has 0 saturated carbocycles. The van der Waals surface area contributed by atoms with Gasteiger partial charge in [0.15, 0.2) is 6.29 Å². The lowest BCUT2D eigenvalue weighted by molar-refractivity contribution is -0.301. The molecule has 0 aromatic heterocycles. The van der Waals surface area contributed by atoms with Crippen molar-refractivity contribution in [2.24, 2.45) is 0 Å². The Labute approximate surface area is 205 Å². The molecule has 0 aliphatic carbocycles. The number of carbonyl (C=O) groups excluding carboxylic acids is 1. The predicted octanol–water partition coefficient (Wildman–Crippen LogP) is 4.35. The van der Waals surface area contributed by atoms with E-state index in [1.54, 1.807) is 0 Å². The van der Waals surface area contributed by atoms with Gasteiger partial charge in [-0.05, 0) is 44.9 Å². The van der Waals surface area contributed by atoms with E-state index in [1.807, 2.05) is 6.92 Å². The molecule has 1 heterocycles. The molecule has 7 nitrogen and oxygen atoms in total. The molecule has 1 rings (SSSR count). The molecule has 0 unspecified atom stereocenters. The average molecular weight is 483 g/mol. The molecular formula is C27H46O7. The fraction of sp³-hybridized carbons (Fsp3) is 0.741. The Hall–Kier alpha value is -1.51. The third-order valence-corrected chi connectivity index (χ3v) is 5.60. The van der Waals surface area contributed by atoms with Crippen LogP contribution in [0.5, 0.6) is 0 Å². The molecule has 0 radical (unpaired) electrons. The highest BCUT2D eigenvalue weighted by Crippen LogP contribution is 2.22. The monoisotopic (exact) mass is 482 g/mol. The lowest BCUT2D eigenvalue weighted by Crippen LogP contribution is -2.59. The number of allylic oxidation sites excluding steroid dienone is 6. The van der Waals surface area contributed by atoms with Crippen molar-refractivity contribution in [2.75, 3.05) is 13.2 Å². The fourth-order valence-electron chi connectivity index (χ4n) is 3.56. The Morgan fingerprint density at radius 3 is 2.18 bits per heavy atom. The molecule has 1 aliphatic heterocycles. The van der Waals surface area contributed by atoms with E-state index in [4.69, 9.17) is 14.2 Å². The molecule has 0 bridgehead atoms. The summed E-state index contributed by atoms with van der Waals surface area (Å²) in [4.78, 5) is 12.0. The van der Waals surface area contributed by atoms with Crippen molar-refractivity contribution >= 4 is 5.97 Å². The summed E-state index contributed by atoms with van der Waals surface area (Å²) in [7, 11) is 0. The first kappa shape index (κ1) is 30.5. The summed E-state index contributed by atoms with van der Waals surface area (Å²) in [5, 5.41) is 30.0. The van der Waals surface area contributed by atoms with Crippen LogP contribution in [-0.2, 0) is 19.0 Å². The van der Waals surface area contributed by atoms with E-state index in [1.165, 1.54) is 0 Å². The van der Waals surface area contributed by atoms with E-state index in [0.717, 1.165) is 64.2 Å². The summed E-state index contributed by atoms with van der Waals surface area (Å²) in [6.07, 6.45) is 17.4. The zero-order valence-corrected chi connectivity index (χ0v) is 21.0. The zero-order chi connectivity index (χ0) is 25.0. The predicted molar refractivity (Wildman–Crippen MR) is 133 cm³/mol. The highest BCUT2D eigenvalue weighted by Gasteiger charge is 2.44. The van der Waals surface area contributed by atoms with E-state index in [2.05, 4.69) is 43.4 Å². The summed E-state index contributed by atoms with van der Waals surface area (Å²) in [6, 6.07) is 0. The van der Waals surface area contributed by atoms with Crippen LogP contribution in [0.25, 0.3) is 0 Å². The smallest absolute Gasteiger partial charge is 0.305 e. The second-order valence-corrected chi connectivity index (χ2v) is 8.67. The third-order valence-electron chi connectivity index (χ3n) is 5.60. The molecule has 0 aromatic carbocycles. The first-order valence-electron chi connectivity index (χ1n) is 12.9. The second kappa shape index (κ2) is 19.8. The van der Waals surface area contributed by atoms with Gasteiger partial charge in [0, 0.05) is 13.0 Å². The van der Waals surface area contributed by atoms with Crippen molar-refractivity contribution in [3.63, 3.8) is 0 Å². The van der Waals surface area contributed by atoms with Gasteiger partial charge >= 0.3 is 5.97 Å². The van der Waals surface area contributed by atoms with Crippen LogP contribution in [0.15, 0.2) is 36.5 Å². The van der Waals surface area contributed by atoms with Crippen molar-refractivity contribution in [3.05, 3.63) is 36.5 Å². The number of hydrogen-bond acceptors (Lipinski definition) is 7. The molecule has 5 atom stereocenters. The maximum atomic E-state index is 12.0. The lowest BCUT2D eigenvalue weighted by Gasteiger charge is -2.39. The molecule has 0 amide bonds. The Morgan fingerprint density at radius 2 is 1.47 bits per heavy atom. The van der Waals surface area contributed by atoms with Crippen LogP contribution >= 0.6 is 0 Å². The van der Waals surface area contributed by atoms with Crippen molar-refractivity contribution in [3.8, 4) is 0 Å². The number of rotatable bonds is 18. The largest absolute Gasteiger partial charge is 0.463 e. The minimum atomic E-state index is -1.42. The minimum absolute atomic E-state index is 0.188. The van der Waals surface area contributed by atoms with Crippen molar-refractivity contribution < 1.29 is 34.3 Å². The number of aliphatic hydroxyl groups excluding tert-OH is 3. The zero-order valence-electron chi connectivity index (χ0n) is 21.0. The van der Waals surface area contributed by atoms with Crippen LogP contribution in [0.2, 0.25) is 0 Å². The normalized spacial score (nSPS) is 25.6. The molecule has 7 heteroatoms. The summed E-state index contributed by atoms with van der Waals surface area (Å²) < 4.78 is 16.1. The highest BCUT2D eigenvalue weighted by molar-refractivity contribution is 5.69. The standard InChI is InChI=1S/C27H46O7/c1-3-5-6-7-8-9-10-11-12-13-14-15-16-17-18-19-23(28)33-21-22-24(29)25(30)26(31)27(34-22)32-20-4-2/h5-6,8-9,11-12,22,24-27,29-31H,3-4,7,10,13-21H2,1-2H3/b6-5?,9-8-,12-11-/t22-,24-,25+,26-,27+/m1/s1. The maximum Gasteiger partial charge on any atom is 0.305 e. The van der Waals surface area contributed by atoms with Gasteiger partial charge in [0.05, 0.1) is 0 Å². The van der Waals surface area contributed by atoms with Gasteiger partial charge < -0.3 is 29.5 Å². The van der Waals surface area contributed by atoms with Crippen LogP contribution in [0.1, 0.15) is 84.5 Å². The van der Waals surface area contributed by atoms with Crippen LogP contribution in [0.4, 0.5) is 0 Å². The highest BCUT2D eigenvalue weighted by atomic mass is 16.7. The maximum absolute atomic E-state index is 12.0. The molecule has 1 saturated heterocycles. The molecule has 196 valence electrons. The van der Waals surface area contributed by atoms with E-state index < -0.39 is 30.7 Å². The van der Waals surface area contributed by atoms with Crippen LogP contribution in [0.3, 0.4) is 0 Å². The minimum Gasteiger partial charge on any atom is -0.463 e. The van der Waals surface area contributed by atoms with E-state index in [0.29, 0.717) is 13.0 Å². The van der Waals surface area contributed by atoms with E-state index in [-0.39, 0.29) is 12.6 Å². The summed E-state index contributed by atoms with van der Waals surface area (Å²) >= 11 is 0. The molecule has 0 spiro atoms. The first-order valence-corrected chi connectivity index (χ1v) is 12.9. The van der Waals surface area contributed by atoms with Crippen molar-refractivity contribution in [2.45, 2.75) is 115 Å². The third kappa shape index (κ3) is 13.4. The summed E-state index contributed by atoms with van der Waals surface area (Å²) in [6.45, 7) is 4.21. The quantitative estimate of drug-likeness (QED) is 0.151. The van der Waals surface area contributed by atoms with Crippen molar-refractivity contribution in [1.29, 1.82) is 0 Å². The van der Waals surface area contributed by atoms with Crippen LogP contribution in [-0.4, -0.2) is 65.2 Å². The Balaban J connectivity index is 2.07. The number of hydrogen-bond donors (Lipinski definition) is 3. The van der Waals surface area contributed by atoms with Crippen LogP contribution < -0.4 is 0 Å². The molecule has 1 aliphatic rings. The van der Waals surface area contributed by atoms with Gasteiger partial charge in [0.1, 0.15) is 31.0 Å². The number of esters is 1. The van der Waals surface area contributed by atoms with Gasteiger partial charge in [0.2, 0.25) is 0 Å². The van der Waals surface area contributed by atoms with E-state index in [9.17, 15) is 20.1 Å². The molecule has 1 fully saturated rings. The van der Waals surface area contributed by atoms with Gasteiger partial charge in [-0.3, -0.25) is 4.79 Å². The average Bonchev–Trinajstić information content (AvgIpc) is 2.84. The Kier molecular flexibility index (Phi) is 17.7. The second-order valence-electron chi connectivity index (χ2n) is 8.67. The summed E-state index contributed by atoms with van der Waals surface area (Å²) in [5.41, 5.74) is 0. The number of ether oxygens (including phenoxy) is 3. The molecule has 34 heavy (non-hydrogen) atoms. The Morgan fingerprint density at radius 1 is 0.824 bits per heavy atom. The number of carbonyl (C=O) groups is 1. The van der Waals surface area contributed by atoms with Gasteiger partial charge in [0.25, 0.3) is 0 Å². The van der Waals surface area contributed by atoms with Gasteiger partial charge in [-0.15, -0.1) is 0 Å². The van der Waals surface area contributed by atoms with Gasteiger partial charge in [-0.25, -0.2) is 0 Å². The topological polar surface area (TPSA) is 105 Å². The summed E-state index contributed by atoms with van der Waals surface area (Å²) in [5.74, 6) is -0.358. The van der Waals surface area contributed by atoms with E-state index >= 15 is 0 Å². The fourth-order valence-corrected chi connectivity index (χ4v) is 3.56. The Bertz CT molecular complexity index is 602. The first-order chi connectivity index (χ1) is 16.5. The molecule has 0 aromatic rings. The van der Waals surface area contributed by atoms with Gasteiger partial charge in [-0.1, -0.05) is 69.6 Å². The van der Waals surface area contributed by atoms with Crippen LogP contribution in [0, 0.1) is 0 Å². The van der Waals surface area contributed by atoms with Crippen molar-refractivity contribution in [1.82, 2.24) is 0 Å². The molecular weight excluding hydrogens is 436 g/mol. The SMILES string of the molecule is CCC=CC/C=C\C/C=C\CCCCCCCC(=O)OC[C@H]1O[C@H](OCCC)[C@H](O)[C@@H](O)[C@@H]1O.